The van der Waals surface area contributed by atoms with Gasteiger partial charge in [-0.3, -0.25) is 9.59 Å². The van der Waals surface area contributed by atoms with Crippen LogP contribution in [-0.4, -0.2) is 42.9 Å². The Morgan fingerprint density at radius 3 is 2.53 bits per heavy atom. The highest BCUT2D eigenvalue weighted by Crippen LogP contribution is 2.38. The monoisotopic (exact) mass is 289 g/mol. The third kappa shape index (κ3) is 2.75. The predicted octanol–water partition coefficient (Wildman–Crippen LogP) is 0.181. The molecule has 7 heteroatoms. The van der Waals surface area contributed by atoms with Crippen molar-refractivity contribution >= 4 is 21.7 Å². The Morgan fingerprint density at radius 2 is 2.00 bits per heavy atom. The van der Waals surface area contributed by atoms with Crippen LogP contribution in [0.5, 0.6) is 0 Å². The molecular weight excluding hydrogens is 270 g/mol. The molecule has 3 atom stereocenters. The molecule has 1 aliphatic carbocycles. The third-order valence-electron chi connectivity index (χ3n) is 4.37. The van der Waals surface area contributed by atoms with Crippen LogP contribution in [0.15, 0.2) is 0 Å². The van der Waals surface area contributed by atoms with Crippen molar-refractivity contribution in [3.8, 4) is 0 Å². The van der Waals surface area contributed by atoms with Gasteiger partial charge >= 0.3 is 5.97 Å². The first kappa shape index (κ1) is 14.3. The molecule has 1 amide bonds. The molecule has 2 N–H and O–H groups in total. The smallest absolute Gasteiger partial charge is 0.311 e. The molecule has 1 saturated carbocycles. The summed E-state index contributed by atoms with van der Waals surface area (Å²) in [5.41, 5.74) is -0.937. The van der Waals surface area contributed by atoms with E-state index >= 15 is 0 Å². The third-order valence-corrected chi connectivity index (χ3v) is 6.13. The molecule has 0 bridgehead atoms. The molecule has 2 rings (SSSR count). The van der Waals surface area contributed by atoms with E-state index < -0.39 is 33.2 Å². The normalized spacial score (nSPS) is 37.1. The second-order valence-corrected chi connectivity index (χ2v) is 8.00. The molecular formula is C12H19NO5S. The predicted molar refractivity (Wildman–Crippen MR) is 68.3 cm³/mol. The summed E-state index contributed by atoms with van der Waals surface area (Å²) in [6, 6.07) is -0.402. The SMILES string of the molecule is CC1(C(=O)O)CCCC1NC(=O)C1CCS(=O)(=O)C1. The van der Waals surface area contributed by atoms with Crippen LogP contribution in [-0.2, 0) is 19.4 Å². The lowest BCUT2D eigenvalue weighted by Gasteiger charge is -2.28. The summed E-state index contributed by atoms with van der Waals surface area (Å²) in [6.45, 7) is 1.64. The van der Waals surface area contributed by atoms with Gasteiger partial charge in [-0.15, -0.1) is 0 Å². The summed E-state index contributed by atoms with van der Waals surface area (Å²) in [6.07, 6.45) is 2.27. The van der Waals surface area contributed by atoms with E-state index in [0.717, 1.165) is 6.42 Å². The molecule has 1 aliphatic heterocycles. The minimum Gasteiger partial charge on any atom is -0.481 e. The molecule has 0 aromatic carbocycles. The van der Waals surface area contributed by atoms with Gasteiger partial charge in [0, 0.05) is 6.04 Å². The van der Waals surface area contributed by atoms with Crippen LogP contribution in [0.2, 0.25) is 0 Å². The number of carboxylic acids is 1. The van der Waals surface area contributed by atoms with Crippen LogP contribution in [0.3, 0.4) is 0 Å². The summed E-state index contributed by atoms with van der Waals surface area (Å²) < 4.78 is 22.7. The van der Waals surface area contributed by atoms with Crippen molar-refractivity contribution in [3.05, 3.63) is 0 Å². The van der Waals surface area contributed by atoms with Gasteiger partial charge in [0.05, 0.1) is 22.8 Å². The lowest BCUT2D eigenvalue weighted by molar-refractivity contribution is -0.149. The van der Waals surface area contributed by atoms with Crippen molar-refractivity contribution in [1.29, 1.82) is 0 Å². The molecule has 19 heavy (non-hydrogen) atoms. The first-order valence-electron chi connectivity index (χ1n) is 6.49. The fraction of sp³-hybridized carbons (Fsp3) is 0.833. The number of aliphatic carboxylic acids is 1. The van der Waals surface area contributed by atoms with Gasteiger partial charge in [0.25, 0.3) is 0 Å². The van der Waals surface area contributed by atoms with Crippen LogP contribution in [0.25, 0.3) is 0 Å². The Bertz CT molecular complexity index is 500. The van der Waals surface area contributed by atoms with E-state index in [4.69, 9.17) is 0 Å². The summed E-state index contributed by atoms with van der Waals surface area (Å²) in [7, 11) is -3.10. The van der Waals surface area contributed by atoms with Gasteiger partial charge in [-0.2, -0.15) is 0 Å². The van der Waals surface area contributed by atoms with Crippen LogP contribution < -0.4 is 5.32 Å². The number of amides is 1. The van der Waals surface area contributed by atoms with Crippen molar-refractivity contribution in [3.63, 3.8) is 0 Å². The molecule has 1 saturated heterocycles. The fourth-order valence-electron chi connectivity index (χ4n) is 2.95. The van der Waals surface area contributed by atoms with Crippen LogP contribution in [0.4, 0.5) is 0 Å². The zero-order valence-corrected chi connectivity index (χ0v) is 11.7. The van der Waals surface area contributed by atoms with E-state index in [1.54, 1.807) is 6.92 Å². The van der Waals surface area contributed by atoms with Crippen molar-refractivity contribution in [2.45, 2.75) is 38.6 Å². The summed E-state index contributed by atoms with van der Waals surface area (Å²) in [5, 5.41) is 12.0. The number of hydrogen-bond acceptors (Lipinski definition) is 4. The molecule has 1 heterocycles. The first-order valence-corrected chi connectivity index (χ1v) is 8.31. The van der Waals surface area contributed by atoms with Crippen molar-refractivity contribution in [2.75, 3.05) is 11.5 Å². The van der Waals surface area contributed by atoms with Crippen molar-refractivity contribution < 1.29 is 23.1 Å². The zero-order chi connectivity index (χ0) is 14.3. The van der Waals surface area contributed by atoms with Crippen molar-refractivity contribution in [1.82, 2.24) is 5.32 Å². The Hall–Kier alpha value is -1.11. The van der Waals surface area contributed by atoms with Crippen LogP contribution in [0, 0.1) is 11.3 Å². The molecule has 108 valence electrons. The number of carbonyl (C=O) groups is 2. The highest BCUT2D eigenvalue weighted by atomic mass is 32.2. The maximum atomic E-state index is 12.0. The van der Waals surface area contributed by atoms with Gasteiger partial charge in [0.2, 0.25) is 5.91 Å². The van der Waals surface area contributed by atoms with Gasteiger partial charge in [0.1, 0.15) is 0 Å². The van der Waals surface area contributed by atoms with Crippen molar-refractivity contribution in [2.24, 2.45) is 11.3 Å². The Morgan fingerprint density at radius 1 is 1.32 bits per heavy atom. The molecule has 2 fully saturated rings. The topological polar surface area (TPSA) is 101 Å². The number of carboxylic acid groups (broad SMARTS) is 1. The van der Waals surface area contributed by atoms with Gasteiger partial charge in [0.15, 0.2) is 9.84 Å². The highest BCUT2D eigenvalue weighted by Gasteiger charge is 2.46. The minimum atomic E-state index is -3.10. The minimum absolute atomic E-state index is 0.0476. The van der Waals surface area contributed by atoms with E-state index in [1.807, 2.05) is 0 Å². The fourth-order valence-corrected chi connectivity index (χ4v) is 4.69. The van der Waals surface area contributed by atoms with E-state index in [2.05, 4.69) is 5.32 Å². The largest absolute Gasteiger partial charge is 0.481 e. The molecule has 0 radical (unpaired) electrons. The lowest BCUT2D eigenvalue weighted by Crippen LogP contribution is -2.48. The zero-order valence-electron chi connectivity index (χ0n) is 10.9. The van der Waals surface area contributed by atoms with E-state index in [0.29, 0.717) is 19.3 Å². The van der Waals surface area contributed by atoms with Crippen LogP contribution in [0.1, 0.15) is 32.6 Å². The number of nitrogens with one attached hydrogen (secondary N) is 1. The molecule has 6 nitrogen and oxygen atoms in total. The Balaban J connectivity index is 2.02. The summed E-state index contributed by atoms with van der Waals surface area (Å²) in [4.78, 5) is 23.3. The average molecular weight is 289 g/mol. The Kier molecular flexibility index (Phi) is 3.59. The Labute approximate surface area is 112 Å². The molecule has 0 aromatic heterocycles. The highest BCUT2D eigenvalue weighted by molar-refractivity contribution is 7.91. The summed E-state index contributed by atoms with van der Waals surface area (Å²) >= 11 is 0. The van der Waals surface area contributed by atoms with Gasteiger partial charge < -0.3 is 10.4 Å². The summed E-state index contributed by atoms with van der Waals surface area (Å²) in [5.74, 6) is -1.82. The first-order chi connectivity index (χ1) is 8.74. The molecule has 3 unspecified atom stereocenters. The maximum absolute atomic E-state index is 12.0. The quantitative estimate of drug-likeness (QED) is 0.772. The van der Waals surface area contributed by atoms with E-state index in [1.165, 1.54) is 0 Å². The number of rotatable bonds is 3. The van der Waals surface area contributed by atoms with E-state index in [-0.39, 0.29) is 17.4 Å². The number of sulfone groups is 1. The lowest BCUT2D eigenvalue weighted by atomic mass is 9.84. The number of hydrogen-bond donors (Lipinski definition) is 2. The van der Waals surface area contributed by atoms with Crippen LogP contribution >= 0.6 is 0 Å². The molecule has 2 aliphatic rings. The van der Waals surface area contributed by atoms with E-state index in [9.17, 15) is 23.1 Å². The molecule has 0 aromatic rings. The van der Waals surface area contributed by atoms with Gasteiger partial charge in [-0.05, 0) is 26.2 Å². The number of carbonyl (C=O) groups excluding carboxylic acids is 1. The van der Waals surface area contributed by atoms with Gasteiger partial charge in [-0.1, -0.05) is 6.42 Å². The maximum Gasteiger partial charge on any atom is 0.311 e. The molecule has 0 spiro atoms. The van der Waals surface area contributed by atoms with Gasteiger partial charge in [-0.25, -0.2) is 8.42 Å². The second-order valence-electron chi connectivity index (χ2n) is 5.78. The second kappa shape index (κ2) is 4.77. The average Bonchev–Trinajstić information content (AvgIpc) is 2.84. The standard InChI is InChI=1S/C12H19NO5S/c1-12(11(15)16)5-2-3-9(12)13-10(14)8-4-6-19(17,18)7-8/h8-9H,2-7H2,1H3,(H,13,14)(H,15,16).